The number of hydrogen-bond donors (Lipinski definition) is 0. The second kappa shape index (κ2) is 4.92. The van der Waals surface area contributed by atoms with Crippen LogP contribution >= 0.6 is 15.9 Å². The molecular formula is C11H14BrFN2. The third kappa shape index (κ3) is 2.68. The van der Waals surface area contributed by atoms with Gasteiger partial charge >= 0.3 is 0 Å². The van der Waals surface area contributed by atoms with Gasteiger partial charge < -0.3 is 4.90 Å². The van der Waals surface area contributed by atoms with E-state index in [1.165, 1.54) is 25.1 Å². The van der Waals surface area contributed by atoms with E-state index >= 15 is 0 Å². The average Bonchev–Trinajstić information content (AvgIpc) is 2.30. The summed E-state index contributed by atoms with van der Waals surface area (Å²) in [6.45, 7) is 2.05. The van der Waals surface area contributed by atoms with Crippen LogP contribution in [0.2, 0.25) is 0 Å². The molecular weight excluding hydrogens is 259 g/mol. The highest BCUT2D eigenvalue weighted by atomic mass is 79.9. The standard InChI is InChI=1S/C11H14BrFN2/c12-7-9-3-5-15(6-4-9)11-2-1-10(13)8-14-11/h1-2,8-9H,3-7H2. The van der Waals surface area contributed by atoms with E-state index in [-0.39, 0.29) is 5.82 Å². The van der Waals surface area contributed by atoms with E-state index in [4.69, 9.17) is 0 Å². The zero-order chi connectivity index (χ0) is 10.7. The van der Waals surface area contributed by atoms with Crippen LogP contribution in [0.1, 0.15) is 12.8 Å². The number of hydrogen-bond acceptors (Lipinski definition) is 2. The van der Waals surface area contributed by atoms with Crippen LogP contribution < -0.4 is 4.90 Å². The summed E-state index contributed by atoms with van der Waals surface area (Å²) < 4.78 is 12.7. The molecule has 0 atom stereocenters. The van der Waals surface area contributed by atoms with Crippen molar-refractivity contribution in [3.8, 4) is 0 Å². The summed E-state index contributed by atoms with van der Waals surface area (Å²) in [7, 11) is 0. The van der Waals surface area contributed by atoms with E-state index in [0.717, 1.165) is 30.2 Å². The van der Waals surface area contributed by atoms with Gasteiger partial charge in [-0.2, -0.15) is 0 Å². The molecule has 15 heavy (non-hydrogen) atoms. The minimum Gasteiger partial charge on any atom is -0.357 e. The minimum absolute atomic E-state index is 0.269. The molecule has 2 nitrogen and oxygen atoms in total. The van der Waals surface area contributed by atoms with Crippen LogP contribution in [0, 0.1) is 11.7 Å². The number of anilines is 1. The van der Waals surface area contributed by atoms with Crippen molar-refractivity contribution in [1.29, 1.82) is 0 Å². The molecule has 0 aromatic carbocycles. The van der Waals surface area contributed by atoms with Gasteiger partial charge in [-0.3, -0.25) is 0 Å². The summed E-state index contributed by atoms with van der Waals surface area (Å²) in [6, 6.07) is 3.22. The van der Waals surface area contributed by atoms with Gasteiger partial charge in [-0.15, -0.1) is 0 Å². The maximum absolute atomic E-state index is 12.7. The van der Waals surface area contributed by atoms with Gasteiger partial charge in [0, 0.05) is 18.4 Å². The third-order valence-corrected chi connectivity index (χ3v) is 3.78. The number of nitrogens with zero attached hydrogens (tertiary/aromatic N) is 2. The molecule has 1 aliphatic heterocycles. The smallest absolute Gasteiger partial charge is 0.141 e. The Balaban J connectivity index is 1.98. The van der Waals surface area contributed by atoms with Crippen molar-refractivity contribution in [3.63, 3.8) is 0 Å². The van der Waals surface area contributed by atoms with Crippen molar-refractivity contribution in [1.82, 2.24) is 4.98 Å². The van der Waals surface area contributed by atoms with Crippen molar-refractivity contribution < 1.29 is 4.39 Å². The molecule has 1 aromatic heterocycles. The van der Waals surface area contributed by atoms with E-state index in [0.29, 0.717) is 0 Å². The molecule has 1 aliphatic rings. The third-order valence-electron chi connectivity index (χ3n) is 2.87. The highest BCUT2D eigenvalue weighted by Crippen LogP contribution is 2.22. The van der Waals surface area contributed by atoms with Gasteiger partial charge in [0.15, 0.2) is 0 Å². The Kier molecular flexibility index (Phi) is 3.57. The number of rotatable bonds is 2. The molecule has 82 valence electrons. The molecule has 1 aromatic rings. The van der Waals surface area contributed by atoms with Gasteiger partial charge in [0.1, 0.15) is 11.6 Å². The summed E-state index contributed by atoms with van der Waals surface area (Å²) >= 11 is 3.51. The van der Waals surface area contributed by atoms with Crippen molar-refractivity contribution in [2.45, 2.75) is 12.8 Å². The van der Waals surface area contributed by atoms with Crippen LogP contribution in [-0.2, 0) is 0 Å². The summed E-state index contributed by atoms with van der Waals surface area (Å²) in [5.74, 6) is 1.40. The lowest BCUT2D eigenvalue weighted by Crippen LogP contribution is -2.34. The Morgan fingerprint density at radius 3 is 2.67 bits per heavy atom. The Morgan fingerprint density at radius 1 is 1.40 bits per heavy atom. The predicted octanol–water partition coefficient (Wildman–Crippen LogP) is 2.83. The normalized spacial score (nSPS) is 18.1. The largest absolute Gasteiger partial charge is 0.357 e. The van der Waals surface area contributed by atoms with Gasteiger partial charge in [0.25, 0.3) is 0 Å². The number of aromatic nitrogens is 1. The SMILES string of the molecule is Fc1ccc(N2CCC(CBr)CC2)nc1. The lowest BCUT2D eigenvalue weighted by atomic mass is 9.99. The van der Waals surface area contributed by atoms with Crippen molar-refractivity contribution in [2.75, 3.05) is 23.3 Å². The molecule has 0 radical (unpaired) electrons. The van der Waals surface area contributed by atoms with Crippen molar-refractivity contribution in [3.05, 3.63) is 24.1 Å². The molecule has 0 bridgehead atoms. The van der Waals surface area contributed by atoms with E-state index in [1.54, 1.807) is 6.07 Å². The van der Waals surface area contributed by atoms with E-state index in [2.05, 4.69) is 25.8 Å². The van der Waals surface area contributed by atoms with E-state index < -0.39 is 0 Å². The summed E-state index contributed by atoms with van der Waals surface area (Å²) in [6.07, 6.45) is 3.65. The number of piperidine rings is 1. The fourth-order valence-corrected chi connectivity index (χ4v) is 2.52. The molecule has 0 spiro atoms. The Bertz CT molecular complexity index is 307. The second-order valence-corrected chi connectivity index (χ2v) is 4.57. The molecule has 0 aliphatic carbocycles. The first-order valence-electron chi connectivity index (χ1n) is 5.22. The Morgan fingerprint density at radius 2 is 2.13 bits per heavy atom. The maximum Gasteiger partial charge on any atom is 0.141 e. The molecule has 1 saturated heterocycles. The van der Waals surface area contributed by atoms with Crippen LogP contribution in [0.15, 0.2) is 18.3 Å². The number of alkyl halides is 1. The first-order valence-corrected chi connectivity index (χ1v) is 6.34. The van der Waals surface area contributed by atoms with Gasteiger partial charge in [-0.1, -0.05) is 15.9 Å². The Hall–Kier alpha value is -0.640. The monoisotopic (exact) mass is 272 g/mol. The minimum atomic E-state index is -0.269. The zero-order valence-corrected chi connectivity index (χ0v) is 10.1. The highest BCUT2D eigenvalue weighted by molar-refractivity contribution is 9.09. The molecule has 0 unspecified atom stereocenters. The second-order valence-electron chi connectivity index (χ2n) is 3.92. The van der Waals surface area contributed by atoms with Crippen molar-refractivity contribution in [2.24, 2.45) is 5.92 Å². The summed E-state index contributed by atoms with van der Waals surface area (Å²) in [5.41, 5.74) is 0. The van der Waals surface area contributed by atoms with Crippen LogP contribution in [0.4, 0.5) is 10.2 Å². The first-order chi connectivity index (χ1) is 7.29. The summed E-state index contributed by atoms with van der Waals surface area (Å²) in [5, 5.41) is 1.08. The summed E-state index contributed by atoms with van der Waals surface area (Å²) in [4.78, 5) is 6.31. The fraction of sp³-hybridized carbons (Fsp3) is 0.545. The van der Waals surface area contributed by atoms with Crippen LogP contribution in [-0.4, -0.2) is 23.4 Å². The first kappa shape index (κ1) is 10.9. The molecule has 4 heteroatoms. The average molecular weight is 273 g/mol. The van der Waals surface area contributed by atoms with Crippen LogP contribution in [0.5, 0.6) is 0 Å². The van der Waals surface area contributed by atoms with Crippen molar-refractivity contribution >= 4 is 21.7 Å². The predicted molar refractivity (Wildman–Crippen MR) is 62.9 cm³/mol. The lowest BCUT2D eigenvalue weighted by Gasteiger charge is -2.31. The lowest BCUT2D eigenvalue weighted by molar-refractivity contribution is 0.445. The topological polar surface area (TPSA) is 16.1 Å². The highest BCUT2D eigenvalue weighted by Gasteiger charge is 2.18. The molecule has 1 fully saturated rings. The zero-order valence-electron chi connectivity index (χ0n) is 8.50. The van der Waals surface area contributed by atoms with Gasteiger partial charge in [-0.25, -0.2) is 9.37 Å². The maximum atomic E-state index is 12.7. The number of halogens is 2. The van der Waals surface area contributed by atoms with Gasteiger partial charge in [0.05, 0.1) is 6.20 Å². The van der Waals surface area contributed by atoms with Gasteiger partial charge in [0.2, 0.25) is 0 Å². The molecule has 2 rings (SSSR count). The molecule has 0 saturated carbocycles. The quantitative estimate of drug-likeness (QED) is 0.770. The fourth-order valence-electron chi connectivity index (χ4n) is 1.87. The van der Waals surface area contributed by atoms with Gasteiger partial charge in [-0.05, 0) is 30.9 Å². The van der Waals surface area contributed by atoms with E-state index in [1.807, 2.05) is 0 Å². The Labute approximate surface area is 97.6 Å². The number of pyridine rings is 1. The molecule has 0 amide bonds. The van der Waals surface area contributed by atoms with Crippen LogP contribution in [0.25, 0.3) is 0 Å². The van der Waals surface area contributed by atoms with Crippen LogP contribution in [0.3, 0.4) is 0 Å². The van der Waals surface area contributed by atoms with E-state index in [9.17, 15) is 4.39 Å². The molecule has 0 N–H and O–H groups in total. The molecule has 2 heterocycles.